The fourth-order valence-corrected chi connectivity index (χ4v) is 9.54. The van der Waals surface area contributed by atoms with Crippen LogP contribution < -0.4 is 0 Å². The van der Waals surface area contributed by atoms with E-state index in [0.29, 0.717) is 23.7 Å². The van der Waals surface area contributed by atoms with Gasteiger partial charge < -0.3 is 0 Å². The summed E-state index contributed by atoms with van der Waals surface area (Å²) in [4.78, 5) is 0. The van der Waals surface area contributed by atoms with Gasteiger partial charge >= 0.3 is 12.4 Å². The minimum atomic E-state index is -3.98. The zero-order valence-corrected chi connectivity index (χ0v) is 58.2. The average Bonchev–Trinajstić information content (AvgIpc) is 3.39. The van der Waals surface area contributed by atoms with Gasteiger partial charge in [0.1, 0.15) is 0 Å². The summed E-state index contributed by atoms with van der Waals surface area (Å²) in [6.45, 7) is 49.3. The molecule has 0 heterocycles. The van der Waals surface area contributed by atoms with Crippen molar-refractivity contribution in [3.05, 3.63) is 0 Å². The van der Waals surface area contributed by atoms with Crippen LogP contribution >= 0.6 is 0 Å². The number of alkyl halides is 6. The van der Waals surface area contributed by atoms with Crippen LogP contribution in [0.1, 0.15) is 398 Å². The van der Waals surface area contributed by atoms with Gasteiger partial charge in [-0.05, 0) is 138 Å². The van der Waals surface area contributed by atoms with Crippen molar-refractivity contribution in [1.82, 2.24) is 0 Å². The van der Waals surface area contributed by atoms with Gasteiger partial charge in [-0.1, -0.05) is 309 Å². The lowest BCUT2D eigenvalue weighted by Gasteiger charge is -2.47. The first-order valence-corrected chi connectivity index (χ1v) is 32.7. The van der Waals surface area contributed by atoms with Crippen molar-refractivity contribution < 1.29 is 38.7 Å². The van der Waals surface area contributed by atoms with Gasteiger partial charge in [0, 0.05) is 25.2 Å². The first kappa shape index (κ1) is 69.4. The third-order valence-electron chi connectivity index (χ3n) is 16.0. The Morgan fingerprint density at radius 2 is 0.709 bits per heavy atom. The zero-order chi connectivity index (χ0) is 70.9. The maximum atomic E-state index is 11.5. The summed E-state index contributed by atoms with van der Waals surface area (Å²) < 4.78 is 133. The fourth-order valence-electron chi connectivity index (χ4n) is 9.54. The van der Waals surface area contributed by atoms with Crippen molar-refractivity contribution in [3.63, 3.8) is 0 Å². The standard InChI is InChI=1S/C14H26.C11H20.C7H14.2C6H11F3.C6H12.C6H14.3C5H12.C2H6/c1-12-4-6-14(7-5-12)10-8-13(2,3)9-11-14;1-10-4-8-11(9-5-10)6-2-3-7-11;1-7-5-3-2-4-6-7;2*1-3-5(2)4-6(7,8)9;1-6-4-2-3-5-6;1-5-6(2,3)4;2*1-5(2,3)4;1-4-5(2)3;1-2/h12H,4-11H2,1-3H3;10H,2-9H2,1H3;7H,2-6H2,1H3;2*5H,3-4H2,1-2H3;6H,2-5H2,1H3;5H2,1-4H3;2*1-4H3;5H,4H2,1-3H3;1-2H3/t;;;2*5-;;;;;;/m...00....../s1/i;;7D;;;6D;5D2;1D3;;4D2;. The molecule has 0 aromatic carbocycles. The van der Waals surface area contributed by atoms with E-state index in [-0.39, 0.29) is 35.0 Å². The molecule has 0 nitrogen and oxygen atoms in total. The van der Waals surface area contributed by atoms with Crippen molar-refractivity contribution in [2.75, 3.05) is 0 Å². The molecule has 6 aliphatic rings. The van der Waals surface area contributed by atoms with E-state index in [1.165, 1.54) is 109 Å². The van der Waals surface area contributed by atoms with E-state index in [2.05, 4.69) is 55.4 Å². The molecule has 484 valence electrons. The highest BCUT2D eigenvalue weighted by Gasteiger charge is 2.40. The number of rotatable bonds is 5. The van der Waals surface area contributed by atoms with Gasteiger partial charge in [-0.15, -0.1) is 0 Å². The van der Waals surface area contributed by atoms with E-state index >= 15 is 0 Å². The van der Waals surface area contributed by atoms with Gasteiger partial charge in [0.2, 0.25) is 0 Å². The van der Waals surface area contributed by atoms with Crippen LogP contribution in [0, 0.1) is 73.9 Å². The lowest BCUT2D eigenvalue weighted by Crippen LogP contribution is -2.34. The van der Waals surface area contributed by atoms with Crippen LogP contribution in [-0.4, -0.2) is 12.4 Å². The first-order chi connectivity index (χ1) is 39.1. The van der Waals surface area contributed by atoms with E-state index in [4.69, 9.17) is 12.3 Å². The second-order valence-corrected chi connectivity index (χ2v) is 30.3. The summed E-state index contributed by atoms with van der Waals surface area (Å²) in [6.07, 6.45) is 25.2. The maximum absolute atomic E-state index is 11.5. The Balaban J connectivity index is -0.000000292. The molecule has 6 aliphatic carbocycles. The molecule has 6 fully saturated rings. The Bertz CT molecular complexity index is 1540. The quantitative estimate of drug-likeness (QED) is 0.241. The van der Waals surface area contributed by atoms with Gasteiger partial charge in [-0.2, -0.15) is 26.3 Å². The van der Waals surface area contributed by atoms with E-state index in [1.54, 1.807) is 88.0 Å². The normalized spacial score (nSPS) is 23.9. The Hall–Kier alpha value is -0.420. The molecule has 79 heavy (non-hydrogen) atoms. The highest BCUT2D eigenvalue weighted by atomic mass is 19.4. The van der Waals surface area contributed by atoms with Crippen molar-refractivity contribution >= 4 is 0 Å². The summed E-state index contributed by atoms with van der Waals surface area (Å²) in [5.74, 6) is 1.58. The molecule has 0 radical (unpaired) electrons. The summed E-state index contributed by atoms with van der Waals surface area (Å²) in [6, 6.07) is 0. The van der Waals surface area contributed by atoms with Gasteiger partial charge in [-0.3, -0.25) is 0 Å². The largest absolute Gasteiger partial charge is 0.389 e. The molecule has 0 saturated heterocycles. The highest BCUT2D eigenvalue weighted by molar-refractivity contribution is 4.92. The zero-order valence-electron chi connectivity index (χ0n) is 67.2. The van der Waals surface area contributed by atoms with Crippen LogP contribution in [0.5, 0.6) is 0 Å². The monoisotopic (exact) mass is 1150 g/mol. The molecule has 0 unspecified atom stereocenters. The van der Waals surface area contributed by atoms with Crippen molar-refractivity contribution in [3.8, 4) is 0 Å². The van der Waals surface area contributed by atoms with Crippen LogP contribution in [-0.2, 0) is 0 Å². The summed E-state index contributed by atoms with van der Waals surface area (Å²) in [5, 5.41) is 0. The third kappa shape index (κ3) is 68.3. The molecule has 6 saturated carbocycles. The maximum Gasteiger partial charge on any atom is 0.389 e. The molecule has 0 aromatic rings. The number of hydrogen-bond donors (Lipinski definition) is 0. The Labute approximate surface area is 509 Å². The van der Waals surface area contributed by atoms with Crippen LogP contribution in [0.2, 0.25) is 0 Å². The van der Waals surface area contributed by atoms with E-state index in [0.717, 1.165) is 48.3 Å². The molecule has 0 N–H and O–H groups in total. The van der Waals surface area contributed by atoms with Crippen molar-refractivity contribution in [2.24, 2.45) is 73.9 Å². The lowest BCUT2D eigenvalue weighted by molar-refractivity contribution is -0.144. The summed E-state index contributed by atoms with van der Waals surface area (Å²) in [5.41, 5.74) is 2.00. The van der Waals surface area contributed by atoms with Gasteiger partial charge in [-0.25, -0.2) is 0 Å². The van der Waals surface area contributed by atoms with E-state index in [1.807, 2.05) is 62.3 Å². The summed E-state index contributed by atoms with van der Waals surface area (Å²) >= 11 is 0. The average molecular weight is 1150 g/mol. The molecule has 2 atom stereocenters. The third-order valence-corrected chi connectivity index (χ3v) is 16.0. The summed E-state index contributed by atoms with van der Waals surface area (Å²) in [7, 11) is 0. The van der Waals surface area contributed by atoms with Gasteiger partial charge in [0.05, 0.1) is 0 Å². The number of hydrogen-bond acceptors (Lipinski definition) is 0. The van der Waals surface area contributed by atoms with E-state index in [9.17, 15) is 26.3 Å². The van der Waals surface area contributed by atoms with Crippen LogP contribution in [0.4, 0.5) is 26.3 Å². The van der Waals surface area contributed by atoms with Crippen molar-refractivity contribution in [1.29, 1.82) is 0 Å². The predicted octanol–water partition coefficient (Wildman–Crippen LogP) is 28.9. The van der Waals surface area contributed by atoms with Gasteiger partial charge in [0.15, 0.2) is 0 Å². The fraction of sp³-hybridized carbons (Fsp3) is 1.00. The lowest BCUT2D eigenvalue weighted by atomic mass is 9.59. The molecule has 2 spiro atoms. The molecule has 6 heteroatoms. The Morgan fingerprint density at radius 1 is 0.456 bits per heavy atom. The molecular weight excluding hydrogens is 991 g/mol. The minimum Gasteiger partial charge on any atom is -0.171 e. The minimum absolute atomic E-state index is 0.0556. The molecule has 0 amide bonds. The molecule has 0 aromatic heterocycles. The van der Waals surface area contributed by atoms with Crippen LogP contribution in [0.15, 0.2) is 0 Å². The second-order valence-electron chi connectivity index (χ2n) is 30.3. The molecule has 0 bridgehead atoms. The van der Waals surface area contributed by atoms with Crippen molar-refractivity contribution in [2.45, 2.75) is 398 Å². The van der Waals surface area contributed by atoms with E-state index < -0.39 is 50.2 Å². The predicted molar refractivity (Wildman–Crippen MR) is 347 cm³/mol. The SMILES string of the molecule is CC.CC(C)(C)C.CC1CCC2(CC1)CCC(C)(C)CC2.CC1CCC2(CCCC2)CC1.CC[C@H](C)CC(F)(F)F.CC[C@H](C)CC(F)(F)F.[2H]C([2H])(C)C(C)(C)C.[2H]C([2H])(C)C(C)C.[2H]C([2H])([2H])C(C)(C)C.[2H]C1(C)CCCC1.[2H]C1(C)CCCCC1. The Morgan fingerprint density at radius 3 is 0.886 bits per heavy atom. The number of halogens is 6. The topological polar surface area (TPSA) is 0 Å². The van der Waals surface area contributed by atoms with Crippen LogP contribution in [0.3, 0.4) is 0 Å². The van der Waals surface area contributed by atoms with Gasteiger partial charge in [0.25, 0.3) is 0 Å². The Kier molecular flexibility index (Phi) is 40.3. The first-order valence-electron chi connectivity index (χ1n) is 37.2. The second kappa shape index (κ2) is 45.9. The highest BCUT2D eigenvalue weighted by Crippen LogP contribution is 2.53. The van der Waals surface area contributed by atoms with Crippen LogP contribution in [0.25, 0.3) is 0 Å². The molecule has 6 rings (SSSR count). The molecule has 0 aliphatic heterocycles. The smallest absolute Gasteiger partial charge is 0.171 e. The molecular formula is C73H150F6.